The number of piperidine rings is 2. The van der Waals surface area contributed by atoms with Crippen molar-refractivity contribution in [1.82, 2.24) is 14.5 Å². The fourth-order valence-corrected chi connectivity index (χ4v) is 10.7. The van der Waals surface area contributed by atoms with Crippen molar-refractivity contribution < 1.29 is 9.90 Å². The summed E-state index contributed by atoms with van der Waals surface area (Å²) >= 11 is 0. The normalized spacial score (nSPS) is 42.5. The molecule has 2 aromatic rings. The van der Waals surface area contributed by atoms with Crippen LogP contribution < -0.4 is 5.56 Å². The number of carboxylic acid groups (broad SMARTS) is 1. The van der Waals surface area contributed by atoms with Gasteiger partial charge in [0.05, 0.1) is 11.0 Å². The monoisotopic (exact) mass is 475 g/mol. The zero-order valence-corrected chi connectivity index (χ0v) is 21.0. The second kappa shape index (κ2) is 7.18. The molecule has 2 saturated heterocycles. The standard InChI is InChI=1S/C29H37N3O3/c1-27-12-18-13-28(2,15-27)17-29(14-18,16-27)32-19-6-5-7-20(32)11-21(10-19)31-23-9-4-3-8-22(23)30-24(25(31)33)26(34)35/h3-4,8-9,18-21H,5-7,10-17H2,1-2H3,(H,34,35)/t18?,19-,20+,21?,27?,28?,29?. The van der Waals surface area contributed by atoms with E-state index in [0.29, 0.717) is 34.0 Å². The number of carbonyl (C=O) groups is 1. The number of carboxylic acids is 1. The fourth-order valence-electron chi connectivity index (χ4n) is 10.7. The lowest BCUT2D eigenvalue weighted by atomic mass is 9.42. The molecule has 4 saturated carbocycles. The Kier molecular flexibility index (Phi) is 4.52. The Labute approximate surface area is 206 Å². The number of rotatable bonds is 3. The maximum absolute atomic E-state index is 13.4. The number of hydrogen-bond acceptors (Lipinski definition) is 4. The molecule has 35 heavy (non-hydrogen) atoms. The first kappa shape index (κ1) is 22.0. The van der Waals surface area contributed by atoms with Crippen LogP contribution in [0.25, 0.3) is 11.0 Å². The quantitative estimate of drug-likeness (QED) is 0.643. The summed E-state index contributed by atoms with van der Waals surface area (Å²) in [5.41, 5.74) is 1.86. The highest BCUT2D eigenvalue weighted by Gasteiger charge is 2.64. The fraction of sp³-hybridized carbons (Fsp3) is 0.690. The predicted octanol–water partition coefficient (Wildman–Crippen LogP) is 5.40. The van der Waals surface area contributed by atoms with Crippen LogP contribution in [0.4, 0.5) is 0 Å². The summed E-state index contributed by atoms with van der Waals surface area (Å²) in [5, 5.41) is 9.71. The van der Waals surface area contributed by atoms with Gasteiger partial charge in [-0.05, 0) is 93.1 Å². The predicted molar refractivity (Wildman–Crippen MR) is 135 cm³/mol. The molecule has 3 heterocycles. The second-order valence-electron chi connectivity index (χ2n) is 13.6. The van der Waals surface area contributed by atoms with E-state index in [1.54, 1.807) is 4.57 Å². The van der Waals surface area contributed by atoms with E-state index in [0.717, 1.165) is 24.3 Å². The van der Waals surface area contributed by atoms with Gasteiger partial charge in [0.1, 0.15) is 0 Å². The maximum atomic E-state index is 13.4. The Morgan fingerprint density at radius 3 is 2.26 bits per heavy atom. The SMILES string of the molecule is CC12CC3CC(C)(C1)CC(N1[C@@H]4CCC[C@H]1CC(n1c(=O)c(C(=O)O)nc5ccccc51)C4)(C3)C2. The van der Waals surface area contributed by atoms with Crippen LogP contribution in [-0.4, -0.2) is 43.1 Å². The Bertz CT molecular complexity index is 1250. The van der Waals surface area contributed by atoms with Crippen LogP contribution in [0.2, 0.25) is 0 Å². The zero-order valence-electron chi connectivity index (χ0n) is 21.0. The van der Waals surface area contributed by atoms with E-state index in [1.807, 2.05) is 24.3 Å². The number of aromatic carboxylic acids is 1. The lowest BCUT2D eigenvalue weighted by Crippen LogP contribution is -2.71. The minimum Gasteiger partial charge on any atom is -0.476 e. The highest BCUT2D eigenvalue weighted by atomic mass is 16.4. The van der Waals surface area contributed by atoms with Crippen LogP contribution in [0.15, 0.2) is 29.1 Å². The lowest BCUT2D eigenvalue weighted by molar-refractivity contribution is -0.198. The van der Waals surface area contributed by atoms with E-state index < -0.39 is 11.5 Å². The van der Waals surface area contributed by atoms with Gasteiger partial charge < -0.3 is 9.67 Å². The smallest absolute Gasteiger partial charge is 0.360 e. The summed E-state index contributed by atoms with van der Waals surface area (Å²) in [7, 11) is 0. The molecule has 4 aliphatic carbocycles. The Balaban J connectivity index is 1.29. The van der Waals surface area contributed by atoms with Gasteiger partial charge in [0.25, 0.3) is 5.56 Å². The Hall–Kier alpha value is -2.21. The molecule has 2 aliphatic heterocycles. The van der Waals surface area contributed by atoms with Gasteiger partial charge in [-0.1, -0.05) is 32.4 Å². The number of hydrogen-bond donors (Lipinski definition) is 1. The molecule has 6 nitrogen and oxygen atoms in total. The second-order valence-corrected chi connectivity index (χ2v) is 13.6. The van der Waals surface area contributed by atoms with E-state index in [2.05, 4.69) is 23.7 Å². The van der Waals surface area contributed by atoms with Crippen LogP contribution >= 0.6 is 0 Å². The van der Waals surface area contributed by atoms with Gasteiger partial charge in [-0.15, -0.1) is 0 Å². The average Bonchev–Trinajstić information content (AvgIpc) is 2.75. The van der Waals surface area contributed by atoms with Crippen LogP contribution in [0.1, 0.15) is 101 Å². The average molecular weight is 476 g/mol. The molecular weight excluding hydrogens is 438 g/mol. The third-order valence-electron chi connectivity index (χ3n) is 10.5. The van der Waals surface area contributed by atoms with Crippen molar-refractivity contribution >= 4 is 17.0 Å². The van der Waals surface area contributed by atoms with Crippen molar-refractivity contribution in [2.45, 2.75) is 108 Å². The number of para-hydroxylation sites is 2. The first-order valence-electron chi connectivity index (χ1n) is 13.7. The summed E-state index contributed by atoms with van der Waals surface area (Å²) in [6.07, 6.45) is 13.8. The summed E-state index contributed by atoms with van der Waals surface area (Å²) in [6.45, 7) is 5.12. The van der Waals surface area contributed by atoms with Crippen molar-refractivity contribution in [1.29, 1.82) is 0 Å². The molecule has 6 bridgehead atoms. The van der Waals surface area contributed by atoms with Crippen molar-refractivity contribution in [3.63, 3.8) is 0 Å². The van der Waals surface area contributed by atoms with Gasteiger partial charge >= 0.3 is 5.97 Å². The summed E-state index contributed by atoms with van der Waals surface area (Å²) < 4.78 is 1.80. The Morgan fingerprint density at radius 1 is 0.971 bits per heavy atom. The molecule has 1 aromatic carbocycles. The number of aromatic nitrogens is 2. The van der Waals surface area contributed by atoms with Crippen LogP contribution in [0.3, 0.4) is 0 Å². The van der Waals surface area contributed by atoms with Gasteiger partial charge in [0.15, 0.2) is 0 Å². The molecule has 1 N–H and O–H groups in total. The number of benzene rings is 1. The Morgan fingerprint density at radius 2 is 1.63 bits per heavy atom. The highest BCUT2D eigenvalue weighted by molar-refractivity contribution is 5.88. The van der Waals surface area contributed by atoms with Gasteiger partial charge in [-0.3, -0.25) is 9.69 Å². The maximum Gasteiger partial charge on any atom is 0.360 e. The largest absolute Gasteiger partial charge is 0.476 e. The molecule has 8 rings (SSSR count). The molecule has 6 heteroatoms. The molecule has 0 radical (unpaired) electrons. The van der Waals surface area contributed by atoms with E-state index in [-0.39, 0.29) is 11.7 Å². The molecule has 1 aromatic heterocycles. The molecule has 6 fully saturated rings. The highest BCUT2D eigenvalue weighted by Crippen LogP contribution is 2.69. The van der Waals surface area contributed by atoms with Gasteiger partial charge in [0, 0.05) is 23.7 Å². The van der Waals surface area contributed by atoms with Crippen molar-refractivity contribution in [3.05, 3.63) is 40.3 Å². The van der Waals surface area contributed by atoms with Crippen molar-refractivity contribution in [2.75, 3.05) is 0 Å². The molecule has 5 atom stereocenters. The van der Waals surface area contributed by atoms with Gasteiger partial charge in [0.2, 0.25) is 5.69 Å². The van der Waals surface area contributed by atoms with E-state index >= 15 is 0 Å². The topological polar surface area (TPSA) is 75.4 Å². The molecule has 0 spiro atoms. The van der Waals surface area contributed by atoms with Crippen LogP contribution in [-0.2, 0) is 0 Å². The van der Waals surface area contributed by atoms with Gasteiger partial charge in [-0.25, -0.2) is 9.78 Å². The molecule has 186 valence electrons. The molecule has 3 unspecified atom stereocenters. The van der Waals surface area contributed by atoms with Gasteiger partial charge in [-0.2, -0.15) is 0 Å². The van der Waals surface area contributed by atoms with Crippen molar-refractivity contribution in [3.8, 4) is 0 Å². The number of nitrogens with zero attached hydrogens (tertiary/aromatic N) is 3. The minimum atomic E-state index is -1.23. The minimum absolute atomic E-state index is 0.0279. The molecule has 0 amide bonds. The summed E-state index contributed by atoms with van der Waals surface area (Å²) in [4.78, 5) is 32.5. The van der Waals surface area contributed by atoms with E-state index in [1.165, 1.54) is 57.8 Å². The first-order chi connectivity index (χ1) is 16.7. The third kappa shape index (κ3) is 3.21. The summed E-state index contributed by atoms with van der Waals surface area (Å²) in [6, 6.07) is 8.52. The van der Waals surface area contributed by atoms with Crippen LogP contribution in [0.5, 0.6) is 0 Å². The first-order valence-corrected chi connectivity index (χ1v) is 13.7. The van der Waals surface area contributed by atoms with E-state index in [4.69, 9.17) is 0 Å². The molecular formula is C29H37N3O3. The zero-order chi connectivity index (χ0) is 24.2. The lowest BCUT2D eigenvalue weighted by Gasteiger charge is -2.71. The van der Waals surface area contributed by atoms with Crippen LogP contribution in [0, 0.1) is 16.7 Å². The van der Waals surface area contributed by atoms with Crippen molar-refractivity contribution in [2.24, 2.45) is 16.7 Å². The molecule has 6 aliphatic rings. The summed E-state index contributed by atoms with van der Waals surface area (Å²) in [5.74, 6) is -0.369. The van der Waals surface area contributed by atoms with E-state index in [9.17, 15) is 14.7 Å². The number of fused-ring (bicyclic) bond motifs is 3. The third-order valence-corrected chi connectivity index (χ3v) is 10.5.